The van der Waals surface area contributed by atoms with Crippen LogP contribution in [0.25, 0.3) is 16.9 Å². The van der Waals surface area contributed by atoms with E-state index in [1.54, 1.807) is 18.2 Å². The third kappa shape index (κ3) is 1.94. The van der Waals surface area contributed by atoms with E-state index in [2.05, 4.69) is 10.1 Å². The zero-order valence-electron chi connectivity index (χ0n) is 10.4. The Labute approximate surface area is 117 Å². The van der Waals surface area contributed by atoms with Crippen molar-refractivity contribution in [2.24, 2.45) is 0 Å². The number of fused-ring (bicyclic) bond motifs is 1. The van der Waals surface area contributed by atoms with Gasteiger partial charge in [0.15, 0.2) is 11.9 Å². The molecule has 0 unspecified atom stereocenters. The number of hydrogen-bond donors (Lipinski definition) is 0. The van der Waals surface area contributed by atoms with Gasteiger partial charge in [-0.3, -0.25) is 4.79 Å². The Balaban J connectivity index is 2.38. The van der Waals surface area contributed by atoms with E-state index in [-0.39, 0.29) is 17.0 Å². The third-order valence-electron chi connectivity index (χ3n) is 2.96. The molecule has 3 aromatic rings. The van der Waals surface area contributed by atoms with Crippen LogP contribution in [-0.2, 0) is 0 Å². The lowest BCUT2D eigenvalue weighted by Crippen LogP contribution is -1.99. The van der Waals surface area contributed by atoms with Gasteiger partial charge in [-0.25, -0.2) is 18.3 Å². The van der Waals surface area contributed by atoms with Crippen LogP contribution in [0.5, 0.6) is 0 Å². The minimum Gasteiger partial charge on any atom is -0.296 e. The topological polar surface area (TPSA) is 71.0 Å². The van der Waals surface area contributed by atoms with Gasteiger partial charge in [-0.1, -0.05) is 0 Å². The number of aromatic nitrogens is 3. The van der Waals surface area contributed by atoms with Gasteiger partial charge in [-0.2, -0.15) is 10.4 Å². The molecule has 102 valence electrons. The minimum atomic E-state index is -0.878. The Hall–Kier alpha value is -3.14. The lowest BCUT2D eigenvalue weighted by Gasteiger charge is -2.05. The average molecular weight is 284 g/mol. The Bertz CT molecular complexity index is 911. The number of carbonyl (C=O) groups is 1. The van der Waals surface area contributed by atoms with Crippen molar-refractivity contribution in [3.05, 3.63) is 53.4 Å². The predicted molar refractivity (Wildman–Crippen MR) is 68.4 cm³/mol. The number of hydrogen-bond acceptors (Lipinski definition) is 4. The summed E-state index contributed by atoms with van der Waals surface area (Å²) in [5.74, 6) is -1.71. The van der Waals surface area contributed by atoms with Crippen LogP contribution >= 0.6 is 0 Å². The van der Waals surface area contributed by atoms with Crippen LogP contribution in [0, 0.1) is 23.0 Å². The van der Waals surface area contributed by atoms with Gasteiger partial charge in [-0.05, 0) is 24.3 Å². The summed E-state index contributed by atoms with van der Waals surface area (Å²) in [6.07, 6.45) is 1.88. The molecule has 21 heavy (non-hydrogen) atoms. The molecule has 0 saturated carbocycles. The highest BCUT2D eigenvalue weighted by Crippen LogP contribution is 2.28. The molecule has 0 amide bonds. The summed E-state index contributed by atoms with van der Waals surface area (Å²) in [7, 11) is 0. The summed E-state index contributed by atoms with van der Waals surface area (Å²) in [6, 6.07) is 6.38. The van der Waals surface area contributed by atoms with Crippen LogP contribution in [0.1, 0.15) is 16.1 Å². The van der Waals surface area contributed by atoms with E-state index >= 15 is 0 Å². The fraction of sp³-hybridized carbons (Fsp3) is 0. The summed E-state index contributed by atoms with van der Waals surface area (Å²) in [4.78, 5) is 15.1. The van der Waals surface area contributed by atoms with Gasteiger partial charge < -0.3 is 0 Å². The molecule has 0 saturated heterocycles. The predicted octanol–water partition coefficient (Wildman–Crippen LogP) is 2.36. The molecular formula is C14H6F2N4O. The molecule has 0 atom stereocenters. The van der Waals surface area contributed by atoms with Gasteiger partial charge in [-0.15, -0.1) is 0 Å². The first kappa shape index (κ1) is 12.9. The van der Waals surface area contributed by atoms with Crippen molar-refractivity contribution < 1.29 is 13.6 Å². The van der Waals surface area contributed by atoms with E-state index in [1.807, 2.05) is 0 Å². The second-order valence-corrected chi connectivity index (χ2v) is 4.18. The van der Waals surface area contributed by atoms with Crippen molar-refractivity contribution in [1.82, 2.24) is 14.6 Å². The van der Waals surface area contributed by atoms with E-state index in [9.17, 15) is 13.6 Å². The fourth-order valence-electron chi connectivity index (χ4n) is 2.05. The number of halogens is 2. The molecule has 0 radical (unpaired) electrons. The van der Waals surface area contributed by atoms with E-state index in [0.717, 1.165) is 12.1 Å². The summed E-state index contributed by atoms with van der Waals surface area (Å²) < 4.78 is 29.1. The zero-order valence-corrected chi connectivity index (χ0v) is 10.4. The maximum Gasteiger partial charge on any atom is 0.170 e. The fourth-order valence-corrected chi connectivity index (χ4v) is 2.05. The normalized spacial score (nSPS) is 10.5. The van der Waals surface area contributed by atoms with E-state index in [1.165, 1.54) is 10.7 Å². The summed E-state index contributed by atoms with van der Waals surface area (Å²) in [5.41, 5.74) is -0.276. The van der Waals surface area contributed by atoms with Crippen molar-refractivity contribution >= 4 is 11.9 Å². The minimum absolute atomic E-state index is 0.0430. The van der Waals surface area contributed by atoms with Crippen molar-refractivity contribution in [3.63, 3.8) is 0 Å². The lowest BCUT2D eigenvalue weighted by atomic mass is 10.1. The first-order valence-electron chi connectivity index (χ1n) is 5.84. The maximum absolute atomic E-state index is 14.1. The van der Waals surface area contributed by atoms with Crippen molar-refractivity contribution in [3.8, 4) is 17.3 Å². The molecule has 2 heterocycles. The quantitative estimate of drug-likeness (QED) is 0.677. The van der Waals surface area contributed by atoms with Crippen LogP contribution in [0.15, 0.2) is 30.5 Å². The molecule has 5 nitrogen and oxygen atoms in total. The molecule has 3 rings (SSSR count). The van der Waals surface area contributed by atoms with Crippen LogP contribution in [0.4, 0.5) is 8.78 Å². The summed E-state index contributed by atoms with van der Waals surface area (Å²) in [6.45, 7) is 0. The van der Waals surface area contributed by atoms with Crippen molar-refractivity contribution in [2.45, 2.75) is 0 Å². The Kier molecular flexibility index (Phi) is 2.92. The van der Waals surface area contributed by atoms with Gasteiger partial charge in [0.05, 0.1) is 5.56 Å². The van der Waals surface area contributed by atoms with Crippen LogP contribution in [0.2, 0.25) is 0 Å². The average Bonchev–Trinajstić information content (AvgIpc) is 2.87. The van der Waals surface area contributed by atoms with Gasteiger partial charge in [0.25, 0.3) is 0 Å². The first-order valence-corrected chi connectivity index (χ1v) is 5.84. The monoisotopic (exact) mass is 284 g/mol. The number of rotatable bonds is 2. The molecule has 0 aliphatic heterocycles. The molecule has 2 aromatic heterocycles. The van der Waals surface area contributed by atoms with Crippen molar-refractivity contribution in [1.29, 1.82) is 5.26 Å². The Morgan fingerprint density at radius 1 is 1.29 bits per heavy atom. The zero-order chi connectivity index (χ0) is 15.0. The number of benzene rings is 1. The second-order valence-electron chi connectivity index (χ2n) is 4.18. The highest BCUT2D eigenvalue weighted by molar-refractivity contribution is 5.86. The second kappa shape index (κ2) is 4.76. The highest BCUT2D eigenvalue weighted by Gasteiger charge is 2.20. The first-order chi connectivity index (χ1) is 10.2. The Morgan fingerprint density at radius 2 is 2.10 bits per heavy atom. The molecular weight excluding hydrogens is 278 g/mol. The standard InChI is InChI=1S/C14H6F2N4O/c15-10-5-9(11(16)4-8(10)6-17)14-12(7-21)19-13-2-1-3-18-20(13)14/h1-5,7H. The number of aldehydes is 1. The molecule has 0 N–H and O–H groups in total. The van der Waals surface area contributed by atoms with E-state index in [0.29, 0.717) is 11.9 Å². The molecule has 0 bridgehead atoms. The summed E-state index contributed by atoms with van der Waals surface area (Å²) >= 11 is 0. The van der Waals surface area contributed by atoms with Gasteiger partial charge >= 0.3 is 0 Å². The number of nitriles is 1. The third-order valence-corrected chi connectivity index (χ3v) is 2.96. The van der Waals surface area contributed by atoms with Gasteiger partial charge in [0.1, 0.15) is 29.1 Å². The lowest BCUT2D eigenvalue weighted by molar-refractivity contribution is 0.112. The molecule has 1 aromatic carbocycles. The SMILES string of the molecule is N#Cc1cc(F)c(-c2c(C=O)nc3cccnn23)cc1F. The smallest absolute Gasteiger partial charge is 0.170 e. The van der Waals surface area contributed by atoms with Crippen LogP contribution in [-0.4, -0.2) is 20.9 Å². The van der Waals surface area contributed by atoms with Gasteiger partial charge in [0.2, 0.25) is 0 Å². The van der Waals surface area contributed by atoms with E-state index in [4.69, 9.17) is 5.26 Å². The van der Waals surface area contributed by atoms with Crippen LogP contribution in [0.3, 0.4) is 0 Å². The maximum atomic E-state index is 14.1. The Morgan fingerprint density at radius 3 is 2.81 bits per heavy atom. The molecule has 0 aliphatic rings. The molecule has 0 fully saturated rings. The molecule has 7 heteroatoms. The van der Waals surface area contributed by atoms with Crippen LogP contribution < -0.4 is 0 Å². The summed E-state index contributed by atoms with van der Waals surface area (Å²) in [5, 5.41) is 12.7. The highest BCUT2D eigenvalue weighted by atomic mass is 19.1. The van der Waals surface area contributed by atoms with Crippen molar-refractivity contribution in [2.75, 3.05) is 0 Å². The molecule has 0 aliphatic carbocycles. The van der Waals surface area contributed by atoms with E-state index < -0.39 is 17.2 Å². The number of nitrogens with zero attached hydrogens (tertiary/aromatic N) is 4. The molecule has 0 spiro atoms. The number of carbonyl (C=O) groups excluding carboxylic acids is 1. The van der Waals surface area contributed by atoms with Gasteiger partial charge in [0, 0.05) is 11.8 Å². The number of imidazole rings is 1. The largest absolute Gasteiger partial charge is 0.296 e.